The predicted molar refractivity (Wildman–Crippen MR) is 48.2 cm³/mol. The summed E-state index contributed by atoms with van der Waals surface area (Å²) in [6.07, 6.45) is 1.71. The summed E-state index contributed by atoms with van der Waals surface area (Å²) in [4.78, 5) is 0. The van der Waals surface area contributed by atoms with Crippen LogP contribution in [0.3, 0.4) is 0 Å². The zero-order valence-corrected chi connectivity index (χ0v) is 7.04. The molecule has 0 spiro atoms. The van der Waals surface area contributed by atoms with Crippen molar-refractivity contribution in [1.29, 1.82) is 0 Å². The molecule has 0 aliphatic rings. The summed E-state index contributed by atoms with van der Waals surface area (Å²) in [6, 6.07) is 2.83. The van der Waals surface area contributed by atoms with Gasteiger partial charge in [-0.3, -0.25) is 0 Å². The van der Waals surface area contributed by atoms with Gasteiger partial charge in [0.15, 0.2) is 0 Å². The molecule has 1 aromatic rings. The van der Waals surface area contributed by atoms with E-state index in [-0.39, 0.29) is 11.5 Å². The van der Waals surface area contributed by atoms with Gasteiger partial charge in [-0.25, -0.2) is 0 Å². The first-order valence-corrected chi connectivity index (χ1v) is 3.95. The minimum absolute atomic E-state index is 0.0431. The third kappa shape index (κ3) is 1.61. The molecule has 3 heteroatoms. The van der Waals surface area contributed by atoms with Crippen molar-refractivity contribution >= 4 is 5.69 Å². The highest BCUT2D eigenvalue weighted by molar-refractivity contribution is 5.60. The van der Waals surface area contributed by atoms with Crippen molar-refractivity contribution in [3.05, 3.63) is 17.7 Å². The topological polar surface area (TPSA) is 66.5 Å². The summed E-state index contributed by atoms with van der Waals surface area (Å²) in [5, 5.41) is 18.4. The van der Waals surface area contributed by atoms with Crippen molar-refractivity contribution in [1.82, 2.24) is 0 Å². The third-order valence-corrected chi connectivity index (χ3v) is 1.75. The average molecular weight is 167 g/mol. The number of nitrogens with two attached hydrogens (primary N) is 1. The van der Waals surface area contributed by atoms with Gasteiger partial charge in [0, 0.05) is 6.07 Å². The van der Waals surface area contributed by atoms with Crippen LogP contribution in [-0.2, 0) is 6.42 Å². The number of aromatic hydroxyl groups is 2. The maximum atomic E-state index is 9.22. The van der Waals surface area contributed by atoms with Gasteiger partial charge in [0.1, 0.15) is 11.5 Å². The molecule has 66 valence electrons. The first kappa shape index (κ1) is 8.71. The smallest absolute Gasteiger partial charge is 0.142 e. The molecule has 0 saturated heterocycles. The van der Waals surface area contributed by atoms with Crippen molar-refractivity contribution < 1.29 is 10.2 Å². The van der Waals surface area contributed by atoms with E-state index < -0.39 is 0 Å². The van der Waals surface area contributed by atoms with E-state index in [1.807, 2.05) is 6.92 Å². The van der Waals surface area contributed by atoms with Gasteiger partial charge in [0.05, 0.1) is 5.69 Å². The molecule has 0 radical (unpaired) electrons. The summed E-state index contributed by atoms with van der Waals surface area (Å²) >= 11 is 0. The summed E-state index contributed by atoms with van der Waals surface area (Å²) < 4.78 is 0. The Morgan fingerprint density at radius 3 is 2.58 bits per heavy atom. The molecule has 0 atom stereocenters. The van der Waals surface area contributed by atoms with Crippen LogP contribution in [0.1, 0.15) is 18.9 Å². The van der Waals surface area contributed by atoms with E-state index in [2.05, 4.69) is 0 Å². The number of phenols is 2. The van der Waals surface area contributed by atoms with Crippen LogP contribution in [0.5, 0.6) is 11.5 Å². The molecule has 12 heavy (non-hydrogen) atoms. The number of anilines is 1. The first-order valence-electron chi connectivity index (χ1n) is 3.95. The Morgan fingerprint density at radius 2 is 2.00 bits per heavy atom. The molecule has 0 aromatic heterocycles. The SMILES string of the molecule is CCCc1cc(O)cc(O)c1N. The first-order chi connectivity index (χ1) is 5.65. The minimum Gasteiger partial charge on any atom is -0.508 e. The third-order valence-electron chi connectivity index (χ3n) is 1.75. The van der Waals surface area contributed by atoms with E-state index in [9.17, 15) is 5.11 Å². The van der Waals surface area contributed by atoms with Gasteiger partial charge in [0.2, 0.25) is 0 Å². The summed E-state index contributed by atoms with van der Waals surface area (Å²) in [5.41, 5.74) is 6.75. The molecule has 4 N–H and O–H groups in total. The molecule has 0 saturated carbocycles. The van der Waals surface area contributed by atoms with Crippen LogP contribution in [0.25, 0.3) is 0 Å². The fraction of sp³-hybridized carbons (Fsp3) is 0.333. The molecule has 0 bridgehead atoms. The Kier molecular flexibility index (Phi) is 2.43. The van der Waals surface area contributed by atoms with Crippen LogP contribution < -0.4 is 5.73 Å². The van der Waals surface area contributed by atoms with Crippen LogP contribution in [0.2, 0.25) is 0 Å². The number of hydrogen-bond donors (Lipinski definition) is 3. The number of nitrogen functional groups attached to an aromatic ring is 1. The van der Waals surface area contributed by atoms with Crippen LogP contribution in [0.4, 0.5) is 5.69 Å². The van der Waals surface area contributed by atoms with E-state index in [4.69, 9.17) is 10.8 Å². The van der Waals surface area contributed by atoms with Gasteiger partial charge >= 0.3 is 0 Å². The van der Waals surface area contributed by atoms with E-state index in [1.54, 1.807) is 6.07 Å². The van der Waals surface area contributed by atoms with Crippen molar-refractivity contribution in [2.24, 2.45) is 0 Å². The molecule has 3 nitrogen and oxygen atoms in total. The zero-order chi connectivity index (χ0) is 9.14. The highest BCUT2D eigenvalue weighted by Crippen LogP contribution is 2.29. The number of phenolic OH excluding ortho intramolecular Hbond substituents is 2. The van der Waals surface area contributed by atoms with E-state index >= 15 is 0 Å². The van der Waals surface area contributed by atoms with Crippen LogP contribution >= 0.6 is 0 Å². The Hall–Kier alpha value is -1.38. The van der Waals surface area contributed by atoms with E-state index in [0.717, 1.165) is 18.4 Å². The molecule has 0 unspecified atom stereocenters. The minimum atomic E-state index is -0.0431. The Morgan fingerprint density at radius 1 is 1.33 bits per heavy atom. The highest BCUT2D eigenvalue weighted by atomic mass is 16.3. The molecule has 0 aliphatic carbocycles. The summed E-state index contributed by atoms with van der Waals surface area (Å²) in [6.45, 7) is 2.01. The van der Waals surface area contributed by atoms with Crippen LogP contribution in [0.15, 0.2) is 12.1 Å². The lowest BCUT2D eigenvalue weighted by atomic mass is 10.1. The van der Waals surface area contributed by atoms with Crippen molar-refractivity contribution in [3.8, 4) is 11.5 Å². The Labute approximate surface area is 71.5 Å². The lowest BCUT2D eigenvalue weighted by Crippen LogP contribution is -1.94. The maximum absolute atomic E-state index is 9.22. The number of aryl methyl sites for hydroxylation is 1. The largest absolute Gasteiger partial charge is 0.508 e. The predicted octanol–water partition coefficient (Wildman–Crippen LogP) is 1.63. The fourth-order valence-electron chi connectivity index (χ4n) is 1.16. The Balaban J connectivity index is 3.09. The average Bonchev–Trinajstić information content (AvgIpc) is 2.00. The van der Waals surface area contributed by atoms with E-state index in [0.29, 0.717) is 5.69 Å². The zero-order valence-electron chi connectivity index (χ0n) is 7.04. The molecule has 1 aromatic carbocycles. The summed E-state index contributed by atoms with van der Waals surface area (Å²) in [5.74, 6) is 0.0172. The fourth-order valence-corrected chi connectivity index (χ4v) is 1.16. The molecule has 1 rings (SSSR count). The second-order valence-electron chi connectivity index (χ2n) is 2.79. The normalized spacial score (nSPS) is 10.1. The van der Waals surface area contributed by atoms with Gasteiger partial charge in [-0.15, -0.1) is 0 Å². The van der Waals surface area contributed by atoms with Crippen molar-refractivity contribution in [2.75, 3.05) is 5.73 Å². The quantitative estimate of drug-likeness (QED) is 0.356. The van der Waals surface area contributed by atoms with Gasteiger partial charge in [-0.05, 0) is 18.1 Å². The van der Waals surface area contributed by atoms with Gasteiger partial charge in [-0.1, -0.05) is 13.3 Å². The number of benzene rings is 1. The van der Waals surface area contributed by atoms with Crippen LogP contribution in [0, 0.1) is 0 Å². The van der Waals surface area contributed by atoms with Gasteiger partial charge in [-0.2, -0.15) is 0 Å². The number of rotatable bonds is 2. The van der Waals surface area contributed by atoms with E-state index in [1.165, 1.54) is 6.07 Å². The number of hydrogen-bond acceptors (Lipinski definition) is 3. The molecule has 0 aliphatic heterocycles. The second kappa shape index (κ2) is 3.34. The van der Waals surface area contributed by atoms with Crippen molar-refractivity contribution in [3.63, 3.8) is 0 Å². The molecule has 0 heterocycles. The molecule has 0 fully saturated rings. The van der Waals surface area contributed by atoms with Gasteiger partial charge in [0.25, 0.3) is 0 Å². The molecule has 0 amide bonds. The monoisotopic (exact) mass is 167 g/mol. The van der Waals surface area contributed by atoms with Gasteiger partial charge < -0.3 is 15.9 Å². The van der Waals surface area contributed by atoms with Crippen molar-refractivity contribution in [2.45, 2.75) is 19.8 Å². The summed E-state index contributed by atoms with van der Waals surface area (Å²) in [7, 11) is 0. The maximum Gasteiger partial charge on any atom is 0.142 e. The Bertz CT molecular complexity index is 284. The lowest BCUT2D eigenvalue weighted by Gasteiger charge is -2.06. The molecular weight excluding hydrogens is 154 g/mol. The lowest BCUT2D eigenvalue weighted by molar-refractivity contribution is 0.451. The van der Waals surface area contributed by atoms with Crippen LogP contribution in [-0.4, -0.2) is 10.2 Å². The highest BCUT2D eigenvalue weighted by Gasteiger charge is 2.05. The molecular formula is C9H13NO2. The standard InChI is InChI=1S/C9H13NO2/c1-2-3-6-4-7(11)5-8(12)9(6)10/h4-5,11-12H,2-3,10H2,1H3. The second-order valence-corrected chi connectivity index (χ2v) is 2.79.